The Hall–Kier alpha value is -13.6. The molecule has 17 aromatic rings. The predicted octanol–water partition coefficient (Wildman–Crippen LogP) is 43.4. The molecule has 0 aliphatic heterocycles. The smallest absolute Gasteiger partial charge is 0.163 e. The quantitative estimate of drug-likeness (QED) is 0.122. The zero-order valence-corrected chi connectivity index (χ0v) is 93.0. The second-order valence-corrected chi connectivity index (χ2v) is 26.3. The fraction of sp³-hybridized carbons (Fsp3) is 0.276. The fourth-order valence-corrected chi connectivity index (χ4v) is 12.7. The van der Waals surface area contributed by atoms with Crippen molar-refractivity contribution in [3.63, 3.8) is 0 Å². The lowest BCUT2D eigenvalue weighted by Crippen LogP contribution is -1.99. The van der Waals surface area contributed by atoms with E-state index in [9.17, 15) is 0 Å². The van der Waals surface area contributed by atoms with Gasteiger partial charge in [0.25, 0.3) is 0 Å². The minimum atomic E-state index is 0.715. The Balaban J connectivity index is -0.000000765. The molecule has 0 atom stereocenters. The molecule has 2 heterocycles. The number of nitrogens with zero attached hydrogens (tertiary/aromatic N) is 5. The highest BCUT2D eigenvalue weighted by atomic mass is 15.0. The van der Waals surface area contributed by atoms with Gasteiger partial charge in [-0.15, -0.1) is 0 Å². The van der Waals surface area contributed by atoms with Crippen LogP contribution >= 0.6 is 0 Å². The number of aromatic nitrogens is 5. The molecule has 5 heteroatoms. The standard InChI is InChI=1S/2C25H20.C19H16.C17H14N2.C16H13N3.16C2H6/c1-19-9-8-14-22(15-19)25-17-23(20-10-4-2-5-11-20)16-24(18-25)21-12-6-3-7-13-21;1-19-12-14-22(15-13-19)25-17-23(20-8-4-2-5-9-20)16-24(18-25)21-10-6-3-7-11-21;1-15-12-18(16-8-4-2-5-9-16)14-19(13-15)17-10-6-3-7-11-17;1-13-18-16(14-8-4-2-5-9-14)12-17(19-13)15-10-6-3-7-11-15;1-12-17-15(13-8-4-2-5-9-13)19-16(18-12)14-10-6-3-7-11-14;16*1-2/h2*2-18H,1H3;2-14H,1H3;2-12H,1H3;2-11H,1H3;16*1-2H3. The van der Waals surface area contributed by atoms with Crippen LogP contribution < -0.4 is 0 Å². The molecule has 17 rings (SSSR count). The van der Waals surface area contributed by atoms with Gasteiger partial charge in [-0.05, 0) is 178 Å². The molecule has 15 aromatic carbocycles. The van der Waals surface area contributed by atoms with Crippen molar-refractivity contribution in [2.24, 2.45) is 0 Å². The molecule has 139 heavy (non-hydrogen) atoms. The first-order chi connectivity index (χ1) is 68.6. The van der Waals surface area contributed by atoms with Gasteiger partial charge in [0.1, 0.15) is 11.6 Å². The highest BCUT2D eigenvalue weighted by Crippen LogP contribution is 2.36. The third kappa shape index (κ3) is 49.3. The molecule has 0 spiro atoms. The number of benzene rings is 15. The first kappa shape index (κ1) is 132. The summed E-state index contributed by atoms with van der Waals surface area (Å²) in [5, 5.41) is 0. The second-order valence-electron chi connectivity index (χ2n) is 26.3. The maximum atomic E-state index is 4.55. The minimum absolute atomic E-state index is 0.715. The summed E-state index contributed by atoms with van der Waals surface area (Å²) in [5.41, 5.74) is 30.1. The van der Waals surface area contributed by atoms with E-state index in [1.54, 1.807) is 0 Å². The monoisotopic (exact) mass is 1860 g/mol. The van der Waals surface area contributed by atoms with Gasteiger partial charge in [0, 0.05) is 22.3 Å². The van der Waals surface area contributed by atoms with Crippen LogP contribution in [-0.4, -0.2) is 24.9 Å². The van der Waals surface area contributed by atoms with Crippen molar-refractivity contribution in [2.45, 2.75) is 256 Å². The first-order valence-electron chi connectivity index (χ1n) is 52.3. The van der Waals surface area contributed by atoms with E-state index in [1.807, 2.05) is 339 Å². The van der Waals surface area contributed by atoms with Gasteiger partial charge in [0.15, 0.2) is 11.6 Å². The van der Waals surface area contributed by atoms with Gasteiger partial charge in [-0.25, -0.2) is 24.9 Å². The zero-order valence-electron chi connectivity index (χ0n) is 93.0. The Morgan fingerprint density at radius 2 is 0.281 bits per heavy atom. The Morgan fingerprint density at radius 3 is 0.504 bits per heavy atom. The van der Waals surface area contributed by atoms with Gasteiger partial charge in [0.2, 0.25) is 0 Å². The van der Waals surface area contributed by atoms with Crippen LogP contribution in [-0.2, 0) is 0 Å². The molecule has 740 valence electrons. The molecule has 0 bridgehead atoms. The third-order valence-electron chi connectivity index (χ3n) is 18.1. The molecule has 0 radical (unpaired) electrons. The van der Waals surface area contributed by atoms with E-state index in [2.05, 4.69) is 355 Å². The largest absolute Gasteiger partial charge is 0.233 e. The van der Waals surface area contributed by atoms with Crippen LogP contribution in [0.5, 0.6) is 0 Å². The molecule has 0 unspecified atom stereocenters. The highest BCUT2D eigenvalue weighted by molar-refractivity contribution is 5.84. The van der Waals surface area contributed by atoms with Crippen LogP contribution in [0.3, 0.4) is 0 Å². The van der Waals surface area contributed by atoms with Gasteiger partial charge >= 0.3 is 0 Å². The molecule has 5 nitrogen and oxygen atoms in total. The molecule has 0 fully saturated rings. The molecular formula is C134H179N5. The number of aryl methyl sites for hydroxylation is 5. The third-order valence-corrected chi connectivity index (χ3v) is 18.1. The van der Waals surface area contributed by atoms with E-state index in [4.69, 9.17) is 0 Å². The summed E-state index contributed by atoms with van der Waals surface area (Å²) in [6.07, 6.45) is 0. The maximum absolute atomic E-state index is 4.55. The lowest BCUT2D eigenvalue weighted by molar-refractivity contribution is 0.992. The average molecular weight is 1860 g/mol. The maximum Gasteiger partial charge on any atom is 0.163 e. The van der Waals surface area contributed by atoms with Crippen LogP contribution in [0.1, 0.15) is 250 Å². The van der Waals surface area contributed by atoms with Gasteiger partial charge in [0.05, 0.1) is 11.4 Å². The summed E-state index contributed by atoms with van der Waals surface area (Å²) in [6, 6.07) is 144. The van der Waals surface area contributed by atoms with Crippen molar-refractivity contribution in [2.75, 3.05) is 0 Å². The lowest BCUT2D eigenvalue weighted by atomic mass is 9.93. The predicted molar refractivity (Wildman–Crippen MR) is 632 cm³/mol. The van der Waals surface area contributed by atoms with E-state index < -0.39 is 0 Å². The molecule has 0 saturated carbocycles. The Labute approximate surface area is 850 Å². The molecule has 0 saturated heterocycles. The highest BCUT2D eigenvalue weighted by Gasteiger charge is 2.13. The summed E-state index contributed by atoms with van der Waals surface area (Å²) >= 11 is 0. The topological polar surface area (TPSA) is 64.5 Å². The summed E-state index contributed by atoms with van der Waals surface area (Å²) < 4.78 is 0. The lowest BCUT2D eigenvalue weighted by Gasteiger charge is -2.11. The number of rotatable bonds is 12. The van der Waals surface area contributed by atoms with Crippen molar-refractivity contribution in [3.05, 3.63) is 441 Å². The summed E-state index contributed by atoms with van der Waals surface area (Å²) in [7, 11) is 0. The van der Waals surface area contributed by atoms with Gasteiger partial charge in [-0.1, -0.05) is 597 Å². The molecule has 0 aliphatic rings. The average Bonchev–Trinajstić information content (AvgIpc) is 0.815. The van der Waals surface area contributed by atoms with Gasteiger partial charge in [-0.2, -0.15) is 0 Å². The van der Waals surface area contributed by atoms with Crippen molar-refractivity contribution in [1.29, 1.82) is 0 Å². The van der Waals surface area contributed by atoms with Gasteiger partial charge < -0.3 is 0 Å². The fourth-order valence-electron chi connectivity index (χ4n) is 12.7. The number of hydrogen-bond acceptors (Lipinski definition) is 5. The Bertz CT molecular complexity index is 5030. The van der Waals surface area contributed by atoms with Crippen LogP contribution in [0, 0.1) is 34.6 Å². The van der Waals surface area contributed by atoms with Crippen molar-refractivity contribution in [1.82, 2.24) is 24.9 Å². The van der Waals surface area contributed by atoms with Crippen molar-refractivity contribution in [3.8, 4) is 134 Å². The van der Waals surface area contributed by atoms with E-state index in [1.165, 1.54) is 106 Å². The Kier molecular flexibility index (Phi) is 83.7. The summed E-state index contributed by atoms with van der Waals surface area (Å²) in [6.45, 7) is 74.2. The molecule has 0 aliphatic carbocycles. The zero-order chi connectivity index (χ0) is 105. The van der Waals surface area contributed by atoms with Crippen LogP contribution in [0.2, 0.25) is 0 Å². The van der Waals surface area contributed by atoms with Crippen molar-refractivity contribution >= 4 is 0 Å². The van der Waals surface area contributed by atoms with Crippen LogP contribution in [0.4, 0.5) is 0 Å². The Morgan fingerprint density at radius 1 is 0.108 bits per heavy atom. The first-order valence-corrected chi connectivity index (χ1v) is 52.3. The molecule has 2 aromatic heterocycles. The number of hydrogen-bond donors (Lipinski definition) is 0. The van der Waals surface area contributed by atoms with Crippen LogP contribution in [0.15, 0.2) is 413 Å². The van der Waals surface area contributed by atoms with E-state index in [0.717, 1.165) is 45.3 Å². The minimum Gasteiger partial charge on any atom is -0.233 e. The van der Waals surface area contributed by atoms with E-state index in [0.29, 0.717) is 11.6 Å². The molecular weight excluding hydrogens is 1680 g/mol. The normalized spacial score (nSPS) is 8.76. The summed E-state index contributed by atoms with van der Waals surface area (Å²) in [5.74, 6) is 2.95. The summed E-state index contributed by atoms with van der Waals surface area (Å²) in [4.78, 5) is 22.4. The SMILES string of the molecule is CC.CC.CC.CC.CC.CC.CC.CC.CC.CC.CC.CC.CC.CC.CC.CC.Cc1cc(-c2ccccc2)cc(-c2ccccc2)c1.Cc1ccc(-c2cc(-c3ccccc3)cc(-c3ccccc3)c2)cc1.Cc1cccc(-c2cc(-c3ccccc3)cc(-c3ccccc3)c2)c1.Cc1nc(-c2ccccc2)cc(-c2ccccc2)n1.Cc1nc(-c2ccccc2)nc(-c2ccccc2)n1. The molecule has 0 N–H and O–H groups in total. The van der Waals surface area contributed by atoms with Crippen molar-refractivity contribution < 1.29 is 0 Å². The second kappa shape index (κ2) is 88.4. The van der Waals surface area contributed by atoms with Crippen LogP contribution in [0.25, 0.3) is 134 Å². The van der Waals surface area contributed by atoms with Gasteiger partial charge in [-0.3, -0.25) is 0 Å². The van der Waals surface area contributed by atoms with E-state index >= 15 is 0 Å². The molecule has 0 amide bonds. The van der Waals surface area contributed by atoms with E-state index in [-0.39, 0.29) is 0 Å².